The summed E-state index contributed by atoms with van der Waals surface area (Å²) >= 11 is 9.52. The number of halogens is 5. The highest BCUT2D eigenvalue weighted by Crippen LogP contribution is 2.32. The van der Waals surface area contributed by atoms with Crippen molar-refractivity contribution in [3.8, 4) is 0 Å². The molecule has 1 unspecified atom stereocenters. The summed E-state index contributed by atoms with van der Waals surface area (Å²) in [6.07, 6.45) is -2.04. The quantitative estimate of drug-likeness (QED) is 0.500. The molecule has 5 nitrogen and oxygen atoms in total. The lowest BCUT2D eigenvalue weighted by atomic mass is 9.96. The lowest BCUT2D eigenvalue weighted by Crippen LogP contribution is -2.39. The molecule has 0 bridgehead atoms. The van der Waals surface area contributed by atoms with Crippen LogP contribution in [0.5, 0.6) is 0 Å². The van der Waals surface area contributed by atoms with Crippen molar-refractivity contribution in [2.75, 3.05) is 13.1 Å². The largest absolute Gasteiger partial charge is 0.417 e. The van der Waals surface area contributed by atoms with E-state index in [4.69, 9.17) is 11.6 Å². The van der Waals surface area contributed by atoms with Crippen LogP contribution in [0, 0.1) is 0 Å². The van der Waals surface area contributed by atoms with Gasteiger partial charge in [-0.25, -0.2) is 0 Å². The molecule has 152 valence electrons. The van der Waals surface area contributed by atoms with Crippen LogP contribution in [0.4, 0.5) is 13.2 Å². The highest BCUT2D eigenvalue weighted by Gasteiger charge is 2.33. The summed E-state index contributed by atoms with van der Waals surface area (Å²) in [5, 5.41) is 8.45. The maximum atomic E-state index is 13.1. The van der Waals surface area contributed by atoms with Crippen LogP contribution in [0.15, 0.2) is 41.0 Å². The number of hydrogen-bond donors (Lipinski definition) is 0. The Balaban J connectivity index is 1.63. The van der Waals surface area contributed by atoms with Crippen LogP contribution in [0.25, 0.3) is 5.65 Å². The number of hydrogen-bond acceptors (Lipinski definition) is 3. The average molecular weight is 488 g/mol. The van der Waals surface area contributed by atoms with Gasteiger partial charge >= 0.3 is 6.18 Å². The zero-order chi connectivity index (χ0) is 20.8. The van der Waals surface area contributed by atoms with Gasteiger partial charge in [-0.2, -0.15) is 13.2 Å². The summed E-state index contributed by atoms with van der Waals surface area (Å²) in [5.74, 6) is -0.0214. The first-order valence-electron chi connectivity index (χ1n) is 8.90. The van der Waals surface area contributed by atoms with E-state index in [1.54, 1.807) is 23.1 Å². The molecule has 3 aromatic rings. The van der Waals surface area contributed by atoms with E-state index in [1.165, 1.54) is 10.5 Å². The molecule has 1 aliphatic heterocycles. The molecular weight excluding hydrogens is 473 g/mol. The van der Waals surface area contributed by atoms with Crippen LogP contribution in [0.2, 0.25) is 5.02 Å². The van der Waals surface area contributed by atoms with E-state index in [0.29, 0.717) is 48.0 Å². The van der Waals surface area contributed by atoms with E-state index >= 15 is 0 Å². The second-order valence-electron chi connectivity index (χ2n) is 6.92. The summed E-state index contributed by atoms with van der Waals surface area (Å²) in [4.78, 5) is 14.6. The molecule has 10 heteroatoms. The van der Waals surface area contributed by atoms with Crippen LogP contribution in [0.1, 0.15) is 40.5 Å². The van der Waals surface area contributed by atoms with Crippen molar-refractivity contribution in [3.63, 3.8) is 0 Å². The fourth-order valence-corrected chi connectivity index (χ4v) is 4.12. The van der Waals surface area contributed by atoms with Crippen molar-refractivity contribution < 1.29 is 18.0 Å². The van der Waals surface area contributed by atoms with Crippen molar-refractivity contribution >= 4 is 39.1 Å². The molecule has 1 saturated heterocycles. The Hall–Kier alpha value is -2.13. The van der Waals surface area contributed by atoms with Crippen LogP contribution >= 0.6 is 27.5 Å². The molecule has 0 radical (unpaired) electrons. The molecule has 29 heavy (non-hydrogen) atoms. The third-order valence-electron chi connectivity index (χ3n) is 4.99. The minimum atomic E-state index is -4.46. The average Bonchev–Trinajstić information content (AvgIpc) is 3.12. The monoisotopic (exact) mass is 486 g/mol. The standard InChI is InChI=1S/C19H15BrClF3N4O/c20-13-4-5-15(21)14(8-13)18(29)27-7-1-2-11(9-27)17-26-25-16-6-3-12(10-28(16)17)19(22,23)24/h3-6,8,10-11H,1-2,7,9H2. The number of fused-ring (bicyclic) bond motifs is 1. The third kappa shape index (κ3) is 3.98. The lowest BCUT2D eigenvalue weighted by molar-refractivity contribution is -0.137. The van der Waals surface area contributed by atoms with Gasteiger partial charge in [0.15, 0.2) is 5.65 Å². The van der Waals surface area contributed by atoms with Gasteiger partial charge in [0, 0.05) is 29.7 Å². The van der Waals surface area contributed by atoms with Gasteiger partial charge in [-0.3, -0.25) is 9.20 Å². The van der Waals surface area contributed by atoms with Crippen LogP contribution < -0.4 is 0 Å². The molecule has 1 atom stereocenters. The van der Waals surface area contributed by atoms with Gasteiger partial charge in [0.1, 0.15) is 5.82 Å². The van der Waals surface area contributed by atoms with Crippen molar-refractivity contribution in [2.24, 2.45) is 0 Å². The number of benzene rings is 1. The zero-order valence-electron chi connectivity index (χ0n) is 15.0. The fourth-order valence-electron chi connectivity index (χ4n) is 3.56. The first-order chi connectivity index (χ1) is 13.7. The van der Waals surface area contributed by atoms with Crippen molar-refractivity contribution in [3.05, 3.63) is 63.0 Å². The van der Waals surface area contributed by atoms with E-state index in [2.05, 4.69) is 26.1 Å². The lowest BCUT2D eigenvalue weighted by Gasteiger charge is -2.32. The summed E-state index contributed by atoms with van der Waals surface area (Å²) in [6.45, 7) is 0.876. The second-order valence-corrected chi connectivity index (χ2v) is 8.24. The second kappa shape index (κ2) is 7.60. The predicted molar refractivity (Wildman–Crippen MR) is 105 cm³/mol. The summed E-state index contributed by atoms with van der Waals surface area (Å²) in [6, 6.07) is 7.34. The number of pyridine rings is 1. The molecule has 4 rings (SSSR count). The Morgan fingerprint density at radius 2 is 2.00 bits per heavy atom. The topological polar surface area (TPSA) is 50.5 Å². The summed E-state index contributed by atoms with van der Waals surface area (Å²) in [5.41, 5.74) is -0.0469. The normalized spacial score (nSPS) is 17.7. The maximum Gasteiger partial charge on any atom is 0.417 e. The number of amides is 1. The minimum Gasteiger partial charge on any atom is -0.338 e. The van der Waals surface area contributed by atoms with Gasteiger partial charge in [-0.15, -0.1) is 10.2 Å². The Labute approximate surface area is 177 Å². The van der Waals surface area contributed by atoms with Gasteiger partial charge in [0.05, 0.1) is 16.1 Å². The number of carbonyl (C=O) groups is 1. The van der Waals surface area contributed by atoms with Gasteiger partial charge in [-0.1, -0.05) is 27.5 Å². The Morgan fingerprint density at radius 1 is 1.21 bits per heavy atom. The van der Waals surface area contributed by atoms with Gasteiger partial charge < -0.3 is 4.90 Å². The zero-order valence-corrected chi connectivity index (χ0v) is 17.3. The first kappa shape index (κ1) is 20.2. The van der Waals surface area contributed by atoms with Crippen LogP contribution in [-0.4, -0.2) is 38.5 Å². The number of rotatable bonds is 2. The highest BCUT2D eigenvalue weighted by atomic mass is 79.9. The van der Waals surface area contributed by atoms with Crippen LogP contribution in [0.3, 0.4) is 0 Å². The van der Waals surface area contributed by atoms with Gasteiger partial charge in [0.2, 0.25) is 0 Å². The molecular formula is C19H15BrClF3N4O. The summed E-state index contributed by atoms with van der Waals surface area (Å²) < 4.78 is 41.4. The molecule has 1 aliphatic rings. The molecule has 2 aromatic heterocycles. The molecule has 0 spiro atoms. The molecule has 3 heterocycles. The number of carbonyl (C=O) groups excluding carboxylic acids is 1. The third-order valence-corrected chi connectivity index (χ3v) is 5.81. The SMILES string of the molecule is O=C(c1cc(Br)ccc1Cl)N1CCCC(c2nnc3ccc(C(F)(F)F)cn23)C1. The number of nitrogens with zero attached hydrogens (tertiary/aromatic N) is 4. The predicted octanol–water partition coefficient (Wildman–Crippen LogP) is 5.18. The Morgan fingerprint density at radius 3 is 2.76 bits per heavy atom. The van der Waals surface area contributed by atoms with E-state index in [-0.39, 0.29) is 11.8 Å². The van der Waals surface area contributed by atoms with E-state index < -0.39 is 11.7 Å². The molecule has 0 aliphatic carbocycles. The molecule has 0 saturated carbocycles. The molecule has 1 amide bonds. The van der Waals surface area contributed by atoms with E-state index in [9.17, 15) is 18.0 Å². The fraction of sp³-hybridized carbons (Fsp3) is 0.316. The molecule has 1 fully saturated rings. The van der Waals surface area contributed by atoms with Crippen molar-refractivity contribution in [1.29, 1.82) is 0 Å². The summed E-state index contributed by atoms with van der Waals surface area (Å²) in [7, 11) is 0. The minimum absolute atomic E-state index is 0.217. The van der Waals surface area contributed by atoms with E-state index in [0.717, 1.165) is 16.7 Å². The number of alkyl halides is 3. The maximum absolute atomic E-state index is 13.1. The number of likely N-dealkylation sites (tertiary alicyclic amines) is 1. The Kier molecular flexibility index (Phi) is 5.29. The number of aromatic nitrogens is 3. The first-order valence-corrected chi connectivity index (χ1v) is 10.1. The van der Waals surface area contributed by atoms with Crippen molar-refractivity contribution in [2.45, 2.75) is 24.9 Å². The molecule has 0 N–H and O–H groups in total. The Bertz CT molecular complexity index is 1080. The number of piperidine rings is 1. The molecule has 1 aromatic carbocycles. The van der Waals surface area contributed by atoms with E-state index in [1.807, 2.05) is 0 Å². The van der Waals surface area contributed by atoms with Gasteiger partial charge in [-0.05, 0) is 43.2 Å². The van der Waals surface area contributed by atoms with Crippen molar-refractivity contribution in [1.82, 2.24) is 19.5 Å². The smallest absolute Gasteiger partial charge is 0.338 e. The van der Waals surface area contributed by atoms with Crippen LogP contribution in [-0.2, 0) is 6.18 Å². The van der Waals surface area contributed by atoms with Gasteiger partial charge in [0.25, 0.3) is 5.91 Å². The highest BCUT2D eigenvalue weighted by molar-refractivity contribution is 9.10.